The van der Waals surface area contributed by atoms with Crippen molar-refractivity contribution < 1.29 is 36.3 Å². The van der Waals surface area contributed by atoms with E-state index in [1.807, 2.05) is 20.8 Å². The smallest absolute Gasteiger partial charge is 0.408 e. The molecule has 242 valence electrons. The van der Waals surface area contributed by atoms with Crippen LogP contribution in [0.15, 0.2) is 45.7 Å². The topological polar surface area (TPSA) is 141 Å². The fraction of sp³-hybridized carbons (Fsp3) is 0.500. The summed E-state index contributed by atoms with van der Waals surface area (Å²) in [5, 5.41) is 10.4. The number of hydrogen-bond donors (Lipinski definition) is 1. The van der Waals surface area contributed by atoms with E-state index in [1.165, 1.54) is 11.0 Å². The van der Waals surface area contributed by atoms with E-state index in [2.05, 4.69) is 15.5 Å². The highest BCUT2D eigenvalue weighted by Crippen LogP contribution is 2.38. The number of nitrogens with zero attached hydrogens (tertiary/aromatic N) is 3. The summed E-state index contributed by atoms with van der Waals surface area (Å²) in [5.74, 6) is -1.64. The zero-order valence-electron chi connectivity index (χ0n) is 26.3. The number of alkyl carbamates (subject to hydrolysis) is 1. The van der Waals surface area contributed by atoms with E-state index in [0.717, 1.165) is 31.7 Å². The molecule has 2 aromatic carbocycles. The van der Waals surface area contributed by atoms with Gasteiger partial charge in [-0.2, -0.15) is 0 Å². The number of sulfone groups is 1. The third-order valence-electron chi connectivity index (χ3n) is 7.48. The van der Waals surface area contributed by atoms with Crippen LogP contribution in [-0.2, 0) is 31.3 Å². The summed E-state index contributed by atoms with van der Waals surface area (Å²) in [6.07, 6.45) is 3.46. The predicted molar refractivity (Wildman–Crippen MR) is 164 cm³/mol. The monoisotopic (exact) mass is 642 g/mol. The molecule has 0 bridgehead atoms. The van der Waals surface area contributed by atoms with Crippen molar-refractivity contribution in [3.63, 3.8) is 0 Å². The first kappa shape index (κ1) is 32.4. The third kappa shape index (κ3) is 7.46. The number of halogens is 1. The molecule has 2 amide bonds. The summed E-state index contributed by atoms with van der Waals surface area (Å²) >= 11 is 0. The van der Waals surface area contributed by atoms with Gasteiger partial charge in [-0.25, -0.2) is 17.6 Å². The number of ether oxygens (including phenoxy) is 2. The lowest BCUT2D eigenvalue weighted by molar-refractivity contribution is -0.120. The molecule has 0 saturated heterocycles. The Balaban J connectivity index is 1.56. The minimum Gasteiger partial charge on any atom is -0.490 e. The molecule has 3 aromatic rings. The van der Waals surface area contributed by atoms with Gasteiger partial charge in [0.25, 0.3) is 11.8 Å². The molecule has 1 fully saturated rings. The van der Waals surface area contributed by atoms with Crippen LogP contribution in [0.1, 0.15) is 78.7 Å². The van der Waals surface area contributed by atoms with Crippen molar-refractivity contribution in [2.45, 2.75) is 102 Å². The van der Waals surface area contributed by atoms with Crippen LogP contribution in [0.2, 0.25) is 0 Å². The van der Waals surface area contributed by atoms with Crippen molar-refractivity contribution in [3.8, 4) is 17.2 Å². The Kier molecular flexibility index (Phi) is 8.69. The highest BCUT2D eigenvalue weighted by atomic mass is 32.2. The molecule has 45 heavy (non-hydrogen) atoms. The van der Waals surface area contributed by atoms with Crippen LogP contribution < -0.4 is 15.0 Å². The summed E-state index contributed by atoms with van der Waals surface area (Å²) in [6.45, 7) is 10.4. The van der Waals surface area contributed by atoms with Gasteiger partial charge in [-0.1, -0.05) is 32.9 Å². The molecule has 0 spiro atoms. The van der Waals surface area contributed by atoms with Crippen LogP contribution in [0, 0.1) is 5.82 Å². The van der Waals surface area contributed by atoms with Gasteiger partial charge < -0.3 is 24.1 Å². The first-order chi connectivity index (χ1) is 21.0. The first-order valence-corrected chi connectivity index (χ1v) is 16.6. The number of carbonyl (C=O) groups excluding carboxylic acids is 2. The number of amides is 2. The number of hydrogen-bond acceptors (Lipinski definition) is 9. The Hall–Kier alpha value is -4.00. The molecule has 11 nitrogen and oxygen atoms in total. The lowest BCUT2D eigenvalue weighted by atomic mass is 9.97. The van der Waals surface area contributed by atoms with Crippen molar-refractivity contribution >= 4 is 27.5 Å². The van der Waals surface area contributed by atoms with E-state index >= 15 is 4.39 Å². The van der Waals surface area contributed by atoms with Crippen LogP contribution in [0.5, 0.6) is 5.75 Å². The lowest BCUT2D eigenvalue weighted by Gasteiger charge is -2.27. The second kappa shape index (κ2) is 12.1. The number of nitrogens with one attached hydrogen (secondary N) is 1. The molecule has 1 N–H and O–H groups in total. The number of rotatable bonds is 6. The van der Waals surface area contributed by atoms with Crippen molar-refractivity contribution in [1.29, 1.82) is 0 Å². The molecular formula is C32H39FN4O7S. The summed E-state index contributed by atoms with van der Waals surface area (Å²) in [6, 6.07) is 7.74. The predicted octanol–water partition coefficient (Wildman–Crippen LogP) is 5.71. The molecule has 0 unspecified atom stereocenters. The van der Waals surface area contributed by atoms with Crippen molar-refractivity contribution in [2.24, 2.45) is 0 Å². The van der Waals surface area contributed by atoms with Gasteiger partial charge in [0.05, 0.1) is 34.5 Å². The van der Waals surface area contributed by atoms with Gasteiger partial charge in [0.2, 0.25) is 5.89 Å². The van der Waals surface area contributed by atoms with E-state index in [0.29, 0.717) is 11.3 Å². The summed E-state index contributed by atoms with van der Waals surface area (Å²) in [7, 11) is -4.29. The zero-order valence-corrected chi connectivity index (χ0v) is 27.2. The zero-order chi connectivity index (χ0) is 32.7. The van der Waals surface area contributed by atoms with Gasteiger partial charge in [-0.05, 0) is 76.3 Å². The van der Waals surface area contributed by atoms with Crippen molar-refractivity contribution in [1.82, 2.24) is 15.5 Å². The molecule has 5 rings (SSSR count). The Bertz CT molecular complexity index is 1690. The molecule has 2 heterocycles. The highest BCUT2D eigenvalue weighted by Gasteiger charge is 2.40. The maximum absolute atomic E-state index is 15.6. The molecule has 1 aliphatic heterocycles. The van der Waals surface area contributed by atoms with Gasteiger partial charge in [0.15, 0.2) is 9.84 Å². The molecule has 1 atom stereocenters. The van der Waals surface area contributed by atoms with Gasteiger partial charge >= 0.3 is 6.09 Å². The van der Waals surface area contributed by atoms with E-state index in [-0.39, 0.29) is 35.7 Å². The molecule has 0 radical (unpaired) electrons. The third-order valence-corrected chi connectivity index (χ3v) is 9.25. The van der Waals surface area contributed by atoms with Gasteiger partial charge in [-0.3, -0.25) is 4.79 Å². The second-order valence-electron chi connectivity index (χ2n) is 13.5. The summed E-state index contributed by atoms with van der Waals surface area (Å²) in [4.78, 5) is 27.6. The lowest BCUT2D eigenvalue weighted by Crippen LogP contribution is -2.51. The summed E-state index contributed by atoms with van der Waals surface area (Å²) < 4.78 is 60.0. The standard InChI is InChI=1S/C32H39FN4O7S/c1-31(2,3)29-36-35-27(43-29)22-15-25-26(16-23(22)33)45(40,41)18-24(34-30(39)44-32(4,5)6)28(38)37(25)17-19-11-13-21(14-12-19)42-20-9-7-8-10-20/h11-16,20,24H,7-10,17-18H2,1-6H3,(H,34,39)/t24-/m0/s1. The van der Waals surface area contributed by atoms with Crippen LogP contribution in [-0.4, -0.2) is 54.1 Å². The van der Waals surface area contributed by atoms with E-state index in [4.69, 9.17) is 13.9 Å². The molecular weight excluding hydrogens is 603 g/mol. The Morgan fingerprint density at radius 1 is 1.07 bits per heavy atom. The van der Waals surface area contributed by atoms with E-state index in [9.17, 15) is 18.0 Å². The van der Waals surface area contributed by atoms with Gasteiger partial charge in [-0.15, -0.1) is 10.2 Å². The van der Waals surface area contributed by atoms with E-state index < -0.39 is 55.4 Å². The van der Waals surface area contributed by atoms with Crippen LogP contribution in [0.4, 0.5) is 14.9 Å². The SMILES string of the molecule is CC(C)(C)OC(=O)N[C@H]1CS(=O)(=O)c2cc(F)c(-c3nnc(C(C)(C)C)o3)cc2N(Cc2ccc(OC3CCCC3)cc2)C1=O. The Morgan fingerprint density at radius 2 is 1.73 bits per heavy atom. The number of benzene rings is 2. The maximum atomic E-state index is 15.6. The number of carbonyl (C=O) groups is 2. The van der Waals surface area contributed by atoms with Crippen LogP contribution in [0.25, 0.3) is 11.5 Å². The number of anilines is 1. The average molecular weight is 643 g/mol. The van der Waals surface area contributed by atoms with Crippen LogP contribution in [0.3, 0.4) is 0 Å². The molecule has 1 saturated carbocycles. The summed E-state index contributed by atoms with van der Waals surface area (Å²) in [5.41, 5.74) is -1.000. The molecule has 13 heteroatoms. The minimum atomic E-state index is -4.29. The molecule has 1 aliphatic carbocycles. The fourth-order valence-corrected chi connectivity index (χ4v) is 6.88. The highest BCUT2D eigenvalue weighted by molar-refractivity contribution is 7.91. The second-order valence-corrected chi connectivity index (χ2v) is 15.5. The van der Waals surface area contributed by atoms with Gasteiger partial charge in [0.1, 0.15) is 23.2 Å². The largest absolute Gasteiger partial charge is 0.490 e. The molecule has 1 aromatic heterocycles. The van der Waals surface area contributed by atoms with Crippen molar-refractivity contribution in [3.05, 3.63) is 53.7 Å². The minimum absolute atomic E-state index is 0.0771. The van der Waals surface area contributed by atoms with Crippen LogP contribution >= 0.6 is 0 Å². The van der Waals surface area contributed by atoms with Gasteiger partial charge in [0, 0.05) is 5.41 Å². The average Bonchev–Trinajstić information content (AvgIpc) is 3.62. The maximum Gasteiger partial charge on any atom is 0.408 e. The quantitative estimate of drug-likeness (QED) is 0.358. The number of fused-ring (bicyclic) bond motifs is 1. The molecule has 2 aliphatic rings. The Labute approximate surface area is 262 Å². The first-order valence-electron chi connectivity index (χ1n) is 15.0. The Morgan fingerprint density at radius 3 is 2.33 bits per heavy atom. The van der Waals surface area contributed by atoms with Crippen molar-refractivity contribution in [2.75, 3.05) is 10.7 Å². The number of aromatic nitrogens is 2. The van der Waals surface area contributed by atoms with E-state index in [1.54, 1.807) is 45.0 Å². The normalized spacial score (nSPS) is 18.8. The fourth-order valence-electron chi connectivity index (χ4n) is 5.26.